The van der Waals surface area contributed by atoms with Gasteiger partial charge in [0.05, 0.1) is 30.5 Å². The Bertz CT molecular complexity index is 1550. The number of aryl methyl sites for hydroxylation is 1. The monoisotopic (exact) mass is 631 g/mol. The van der Waals surface area contributed by atoms with Crippen LogP contribution in [-0.2, 0) is 19.1 Å². The molecule has 3 aromatic rings. The molecular weight excluding hydrogens is 594 g/mol. The van der Waals surface area contributed by atoms with Crippen LogP contribution in [0.25, 0.3) is 0 Å². The Labute approximate surface area is 266 Å². The summed E-state index contributed by atoms with van der Waals surface area (Å²) in [6, 6.07) is 14.7. The molecule has 1 aliphatic carbocycles. The molecule has 1 aromatic heterocycles. The van der Waals surface area contributed by atoms with E-state index in [0.29, 0.717) is 48.2 Å². The van der Waals surface area contributed by atoms with Gasteiger partial charge < -0.3 is 24.4 Å². The smallest absolute Gasteiger partial charge is 0.338 e. The Morgan fingerprint density at radius 1 is 1.07 bits per heavy atom. The van der Waals surface area contributed by atoms with E-state index >= 15 is 0 Å². The fourth-order valence-electron chi connectivity index (χ4n) is 5.84. The number of thiazole rings is 1. The fraction of sp³-hybridized carbons (Fsp3) is 0.441. The molecule has 2 aromatic carbocycles. The first-order valence-corrected chi connectivity index (χ1v) is 16.3. The molecule has 11 heteroatoms. The quantitative estimate of drug-likeness (QED) is 0.311. The molecule has 3 heterocycles. The first-order chi connectivity index (χ1) is 21.7. The highest BCUT2D eigenvalue weighted by Gasteiger charge is 2.36. The van der Waals surface area contributed by atoms with Crippen molar-refractivity contribution < 1.29 is 33.4 Å². The Morgan fingerprint density at radius 3 is 2.47 bits per heavy atom. The lowest BCUT2D eigenvalue weighted by atomic mass is 10.00. The van der Waals surface area contributed by atoms with Crippen LogP contribution in [0.4, 0.5) is 0 Å². The van der Waals surface area contributed by atoms with E-state index in [1.807, 2.05) is 13.8 Å². The topological polar surface area (TPSA) is 124 Å². The zero-order valence-electron chi connectivity index (χ0n) is 25.4. The molecular formula is C34H37N3O7S. The van der Waals surface area contributed by atoms with Gasteiger partial charge in [-0.15, -0.1) is 11.3 Å². The second kappa shape index (κ2) is 13.4. The number of hydrogen-bond acceptors (Lipinski definition) is 9. The summed E-state index contributed by atoms with van der Waals surface area (Å²) < 4.78 is 17.2. The number of esters is 2. The lowest BCUT2D eigenvalue weighted by molar-refractivity contribution is -0.139. The molecule has 6 rings (SSSR count). The summed E-state index contributed by atoms with van der Waals surface area (Å²) in [4.78, 5) is 57.0. The highest BCUT2D eigenvalue weighted by atomic mass is 32.1. The van der Waals surface area contributed by atoms with Crippen molar-refractivity contribution >= 4 is 35.1 Å². The van der Waals surface area contributed by atoms with Crippen LogP contribution in [0.15, 0.2) is 54.7 Å². The molecule has 2 saturated heterocycles. The van der Waals surface area contributed by atoms with Crippen LogP contribution in [0.1, 0.15) is 87.2 Å². The van der Waals surface area contributed by atoms with Gasteiger partial charge in [-0.2, -0.15) is 0 Å². The largest absolute Gasteiger partial charge is 0.484 e. The zero-order valence-corrected chi connectivity index (χ0v) is 26.2. The molecule has 0 radical (unpaired) electrons. The molecule has 3 aliphatic rings. The third-order valence-corrected chi connectivity index (χ3v) is 9.38. The van der Waals surface area contributed by atoms with E-state index in [9.17, 15) is 19.2 Å². The normalized spacial score (nSPS) is 21.0. The molecule has 0 spiro atoms. The number of piperidine rings is 1. The van der Waals surface area contributed by atoms with Crippen LogP contribution in [0.2, 0.25) is 0 Å². The van der Waals surface area contributed by atoms with Gasteiger partial charge >= 0.3 is 11.9 Å². The van der Waals surface area contributed by atoms with Crippen molar-refractivity contribution in [2.24, 2.45) is 5.92 Å². The molecule has 10 nitrogen and oxygen atoms in total. The lowest BCUT2D eigenvalue weighted by Crippen LogP contribution is -2.46. The predicted molar refractivity (Wildman–Crippen MR) is 166 cm³/mol. The number of nitrogens with zero attached hydrogens (tertiary/aromatic N) is 2. The molecule has 2 amide bonds. The van der Waals surface area contributed by atoms with Gasteiger partial charge in [0.25, 0.3) is 5.91 Å². The summed E-state index contributed by atoms with van der Waals surface area (Å²) in [6.07, 6.45) is 4.63. The highest BCUT2D eigenvalue weighted by Crippen LogP contribution is 2.40. The predicted octanol–water partition coefficient (Wildman–Crippen LogP) is 4.98. The van der Waals surface area contributed by atoms with Crippen molar-refractivity contribution in [2.45, 2.75) is 70.1 Å². The molecule has 3 fully saturated rings. The van der Waals surface area contributed by atoms with Gasteiger partial charge in [0.1, 0.15) is 24.6 Å². The average Bonchev–Trinajstić information content (AvgIpc) is 3.66. The van der Waals surface area contributed by atoms with E-state index in [2.05, 4.69) is 34.6 Å². The average molecular weight is 632 g/mol. The SMILES string of the molecule is Cc1cnc(C(=O)NC(C)C(Oc2ccc(C(=O)O[C@H]3CCCN(C(=O)[C@H]4COC(=O)C4)C3)cc2)c2ccc(C3CC3)cc2)s1. The Kier molecular flexibility index (Phi) is 9.16. The molecule has 236 valence electrons. The number of carbonyl (C=O) groups is 4. The molecule has 0 bridgehead atoms. The summed E-state index contributed by atoms with van der Waals surface area (Å²) in [6.45, 7) is 4.78. The van der Waals surface area contributed by atoms with Crippen molar-refractivity contribution in [1.82, 2.24) is 15.2 Å². The van der Waals surface area contributed by atoms with Crippen LogP contribution in [0.5, 0.6) is 5.75 Å². The van der Waals surface area contributed by atoms with Gasteiger partial charge in [-0.25, -0.2) is 9.78 Å². The van der Waals surface area contributed by atoms with E-state index < -0.39 is 24.1 Å². The summed E-state index contributed by atoms with van der Waals surface area (Å²) in [5.41, 5.74) is 2.60. The summed E-state index contributed by atoms with van der Waals surface area (Å²) in [5, 5.41) is 3.44. The minimum Gasteiger partial charge on any atom is -0.484 e. The number of hydrogen-bond donors (Lipinski definition) is 1. The van der Waals surface area contributed by atoms with Crippen molar-refractivity contribution in [3.63, 3.8) is 0 Å². The maximum absolute atomic E-state index is 13.0. The van der Waals surface area contributed by atoms with Gasteiger partial charge in [-0.05, 0) is 80.8 Å². The van der Waals surface area contributed by atoms with Crippen LogP contribution >= 0.6 is 11.3 Å². The summed E-state index contributed by atoms with van der Waals surface area (Å²) >= 11 is 1.34. The highest BCUT2D eigenvalue weighted by molar-refractivity contribution is 7.13. The van der Waals surface area contributed by atoms with E-state index in [1.165, 1.54) is 29.7 Å². The third-order valence-electron chi connectivity index (χ3n) is 8.47. The molecule has 1 N–H and O–H groups in total. The van der Waals surface area contributed by atoms with Crippen LogP contribution < -0.4 is 10.1 Å². The molecule has 45 heavy (non-hydrogen) atoms. The molecule has 4 atom stereocenters. The molecule has 2 unspecified atom stereocenters. The van der Waals surface area contributed by atoms with Crippen molar-refractivity contribution in [3.8, 4) is 5.75 Å². The van der Waals surface area contributed by atoms with Crippen molar-refractivity contribution in [2.75, 3.05) is 19.7 Å². The van der Waals surface area contributed by atoms with Gasteiger partial charge in [0, 0.05) is 17.6 Å². The fourth-order valence-corrected chi connectivity index (χ4v) is 6.50. The van der Waals surface area contributed by atoms with Crippen LogP contribution in [0, 0.1) is 12.8 Å². The first kappa shape index (κ1) is 30.8. The van der Waals surface area contributed by atoms with E-state index in [4.69, 9.17) is 14.2 Å². The Balaban J connectivity index is 1.10. The van der Waals surface area contributed by atoms with Gasteiger partial charge in [-0.1, -0.05) is 24.3 Å². The van der Waals surface area contributed by atoms with Gasteiger partial charge in [0.2, 0.25) is 5.91 Å². The number of rotatable bonds is 10. The summed E-state index contributed by atoms with van der Waals surface area (Å²) in [5.74, 6) is -0.526. The molecule has 1 saturated carbocycles. The Hall–Kier alpha value is -4.25. The number of amides is 2. The van der Waals surface area contributed by atoms with Gasteiger partial charge in [0.15, 0.2) is 5.01 Å². The molecule has 2 aliphatic heterocycles. The second-order valence-electron chi connectivity index (χ2n) is 12.1. The number of ether oxygens (including phenoxy) is 3. The number of benzene rings is 2. The first-order valence-electron chi connectivity index (χ1n) is 15.5. The number of carbonyl (C=O) groups excluding carboxylic acids is 4. The zero-order chi connectivity index (χ0) is 31.5. The maximum atomic E-state index is 13.0. The van der Waals surface area contributed by atoms with E-state index in [0.717, 1.165) is 10.4 Å². The second-order valence-corrected chi connectivity index (χ2v) is 13.3. The number of likely N-dealkylation sites (tertiary alicyclic amines) is 1. The Morgan fingerprint density at radius 2 is 1.82 bits per heavy atom. The standard InChI is InChI=1S/C34H37N3O7S/c1-20-17-35-32(45-20)31(39)36-21(2)30(24-9-7-23(8-10-24)22-5-6-22)43-27-13-11-25(12-14-27)34(41)44-28-4-3-15-37(18-28)33(40)26-16-29(38)42-19-26/h7-14,17,21-22,26,28,30H,3-6,15-16,18-19H2,1-2H3,(H,36,39)/t21?,26-,28+,30?/m1/s1. The van der Waals surface area contributed by atoms with Gasteiger partial charge in [-0.3, -0.25) is 14.4 Å². The van der Waals surface area contributed by atoms with E-state index in [-0.39, 0.29) is 36.9 Å². The number of cyclic esters (lactones) is 1. The lowest BCUT2D eigenvalue weighted by Gasteiger charge is -2.33. The summed E-state index contributed by atoms with van der Waals surface area (Å²) in [7, 11) is 0. The van der Waals surface area contributed by atoms with Crippen molar-refractivity contribution in [1.29, 1.82) is 0 Å². The minimum absolute atomic E-state index is 0.0948. The minimum atomic E-state index is -0.493. The third kappa shape index (κ3) is 7.53. The van der Waals surface area contributed by atoms with Crippen molar-refractivity contribution in [3.05, 3.63) is 81.3 Å². The van der Waals surface area contributed by atoms with E-state index in [1.54, 1.807) is 35.4 Å². The number of aromatic nitrogens is 1. The van der Waals surface area contributed by atoms with Crippen LogP contribution in [-0.4, -0.2) is 65.5 Å². The number of nitrogens with one attached hydrogen (secondary N) is 1. The maximum Gasteiger partial charge on any atom is 0.338 e. The van der Waals surface area contributed by atoms with Crippen LogP contribution in [0.3, 0.4) is 0 Å².